The van der Waals surface area contributed by atoms with Crippen LogP contribution in [0, 0.1) is 0 Å². The number of benzene rings is 3. The average Bonchev–Trinajstić information content (AvgIpc) is 2.79. The summed E-state index contributed by atoms with van der Waals surface area (Å²) in [5, 5.41) is 2.89. The van der Waals surface area contributed by atoms with E-state index in [0.29, 0.717) is 22.7 Å². The Morgan fingerprint density at radius 1 is 1.00 bits per heavy atom. The van der Waals surface area contributed by atoms with Gasteiger partial charge in [-0.15, -0.1) is 11.8 Å². The van der Waals surface area contributed by atoms with Gasteiger partial charge in [0.05, 0.1) is 23.4 Å². The van der Waals surface area contributed by atoms with Crippen molar-refractivity contribution in [1.29, 1.82) is 0 Å². The topological polar surface area (TPSA) is 75.7 Å². The molecular formula is C22H22N2O4S2. The van der Waals surface area contributed by atoms with E-state index in [-0.39, 0.29) is 10.8 Å². The number of carbonyl (C=O) groups excluding carboxylic acids is 1. The summed E-state index contributed by atoms with van der Waals surface area (Å²) >= 11 is 1.53. The van der Waals surface area contributed by atoms with Crippen molar-refractivity contribution in [3.05, 3.63) is 78.4 Å². The number of ether oxygens (including phenoxy) is 1. The number of sulfonamides is 1. The zero-order valence-electron chi connectivity index (χ0n) is 16.8. The maximum absolute atomic E-state index is 13.0. The van der Waals surface area contributed by atoms with Gasteiger partial charge in [0.2, 0.25) is 0 Å². The largest absolute Gasteiger partial charge is 0.497 e. The molecule has 6 nitrogen and oxygen atoms in total. The molecule has 1 N–H and O–H groups in total. The van der Waals surface area contributed by atoms with Crippen molar-refractivity contribution in [3.8, 4) is 5.75 Å². The third kappa shape index (κ3) is 4.60. The summed E-state index contributed by atoms with van der Waals surface area (Å²) in [4.78, 5) is 13.8. The Balaban J connectivity index is 1.85. The summed E-state index contributed by atoms with van der Waals surface area (Å²) < 4.78 is 32.2. The zero-order valence-corrected chi connectivity index (χ0v) is 18.5. The van der Waals surface area contributed by atoms with Gasteiger partial charge in [0, 0.05) is 17.5 Å². The zero-order chi connectivity index (χ0) is 21.7. The second-order valence-electron chi connectivity index (χ2n) is 6.35. The molecule has 0 aliphatic rings. The van der Waals surface area contributed by atoms with Crippen LogP contribution in [-0.4, -0.2) is 34.7 Å². The lowest BCUT2D eigenvalue weighted by Gasteiger charge is -2.20. The van der Waals surface area contributed by atoms with Crippen molar-refractivity contribution in [2.75, 3.05) is 30.0 Å². The van der Waals surface area contributed by atoms with Gasteiger partial charge in [0.25, 0.3) is 15.9 Å². The molecule has 0 heterocycles. The molecule has 0 atom stereocenters. The van der Waals surface area contributed by atoms with Crippen LogP contribution in [0.25, 0.3) is 0 Å². The molecule has 3 aromatic rings. The lowest BCUT2D eigenvalue weighted by molar-refractivity contribution is 0.102. The number of thioether (sulfide) groups is 1. The minimum atomic E-state index is -3.79. The van der Waals surface area contributed by atoms with Gasteiger partial charge in [-0.2, -0.15) is 0 Å². The van der Waals surface area contributed by atoms with Crippen LogP contribution in [0.2, 0.25) is 0 Å². The number of hydrogen-bond donors (Lipinski definition) is 1. The van der Waals surface area contributed by atoms with E-state index in [0.717, 1.165) is 9.20 Å². The standard InChI is InChI=1S/C22H22N2O4S2/c1-24(30(26,27)19-13-11-18(28-2)12-14-19)17-8-6-7-16(15-17)22(25)23-20-9-4-5-10-21(20)29-3/h4-15H,1-3H3,(H,23,25). The Kier molecular flexibility index (Phi) is 6.69. The number of nitrogens with one attached hydrogen (secondary N) is 1. The van der Waals surface area contributed by atoms with Gasteiger partial charge in [0.1, 0.15) is 5.75 Å². The molecule has 0 aliphatic heterocycles. The molecule has 1 amide bonds. The highest BCUT2D eigenvalue weighted by molar-refractivity contribution is 7.98. The Morgan fingerprint density at radius 2 is 1.70 bits per heavy atom. The molecule has 0 radical (unpaired) electrons. The van der Waals surface area contributed by atoms with Crippen LogP contribution < -0.4 is 14.4 Å². The van der Waals surface area contributed by atoms with Crippen LogP contribution in [0.1, 0.15) is 10.4 Å². The third-order valence-corrected chi connectivity index (χ3v) is 7.14. The molecule has 30 heavy (non-hydrogen) atoms. The van der Waals surface area contributed by atoms with Gasteiger partial charge in [-0.25, -0.2) is 8.42 Å². The normalized spacial score (nSPS) is 11.0. The van der Waals surface area contributed by atoms with Gasteiger partial charge in [-0.3, -0.25) is 9.10 Å². The number of carbonyl (C=O) groups is 1. The quantitative estimate of drug-likeness (QED) is 0.546. The number of anilines is 2. The fourth-order valence-corrected chi connectivity index (χ4v) is 4.57. The maximum Gasteiger partial charge on any atom is 0.264 e. The molecule has 0 aromatic heterocycles. The van der Waals surface area contributed by atoms with Crippen LogP contribution in [-0.2, 0) is 10.0 Å². The molecule has 8 heteroatoms. The van der Waals surface area contributed by atoms with Crippen molar-refractivity contribution in [1.82, 2.24) is 0 Å². The summed E-state index contributed by atoms with van der Waals surface area (Å²) in [5.41, 5.74) is 1.46. The van der Waals surface area contributed by atoms with Crippen LogP contribution in [0.15, 0.2) is 82.6 Å². The molecule has 156 valence electrons. The molecular weight excluding hydrogens is 420 g/mol. The van der Waals surface area contributed by atoms with Gasteiger partial charge < -0.3 is 10.1 Å². The first-order valence-corrected chi connectivity index (χ1v) is 11.7. The summed E-state index contributed by atoms with van der Waals surface area (Å²) in [5.74, 6) is 0.259. The number of hydrogen-bond acceptors (Lipinski definition) is 5. The smallest absolute Gasteiger partial charge is 0.264 e. The van der Waals surface area contributed by atoms with E-state index < -0.39 is 10.0 Å². The summed E-state index contributed by atoms with van der Waals surface area (Å²) in [7, 11) is -0.811. The van der Waals surface area contributed by atoms with E-state index >= 15 is 0 Å². The van der Waals surface area contributed by atoms with Crippen LogP contribution in [0.4, 0.5) is 11.4 Å². The van der Waals surface area contributed by atoms with Crippen molar-refractivity contribution in [3.63, 3.8) is 0 Å². The lowest BCUT2D eigenvalue weighted by atomic mass is 10.2. The van der Waals surface area contributed by atoms with Gasteiger partial charge in [0.15, 0.2) is 0 Å². The van der Waals surface area contributed by atoms with Gasteiger partial charge >= 0.3 is 0 Å². The van der Waals surface area contributed by atoms with E-state index in [1.165, 1.54) is 38.1 Å². The fraction of sp³-hybridized carbons (Fsp3) is 0.136. The molecule has 0 aliphatic carbocycles. The highest BCUT2D eigenvalue weighted by Gasteiger charge is 2.22. The number of amides is 1. The monoisotopic (exact) mass is 442 g/mol. The van der Waals surface area contributed by atoms with E-state index in [1.54, 1.807) is 36.4 Å². The molecule has 0 saturated carbocycles. The van der Waals surface area contributed by atoms with E-state index in [9.17, 15) is 13.2 Å². The number of rotatable bonds is 7. The maximum atomic E-state index is 13.0. The van der Waals surface area contributed by atoms with Crippen molar-refractivity contribution >= 4 is 39.1 Å². The van der Waals surface area contributed by atoms with Crippen LogP contribution in [0.3, 0.4) is 0 Å². The van der Waals surface area contributed by atoms with E-state index in [4.69, 9.17) is 4.74 Å². The van der Waals surface area contributed by atoms with Crippen molar-refractivity contribution in [2.45, 2.75) is 9.79 Å². The molecule has 0 bridgehead atoms. The summed E-state index contributed by atoms with van der Waals surface area (Å²) in [6, 6.07) is 20.2. The van der Waals surface area contributed by atoms with Gasteiger partial charge in [-0.05, 0) is 60.9 Å². The fourth-order valence-electron chi connectivity index (χ4n) is 2.83. The molecule has 3 aromatic carbocycles. The lowest BCUT2D eigenvalue weighted by Crippen LogP contribution is -2.26. The summed E-state index contributed by atoms with van der Waals surface area (Å²) in [6.45, 7) is 0. The minimum absolute atomic E-state index is 0.134. The third-order valence-electron chi connectivity index (χ3n) is 4.54. The molecule has 0 unspecified atom stereocenters. The first kappa shape index (κ1) is 21.7. The van der Waals surface area contributed by atoms with Crippen molar-refractivity contribution < 1.29 is 17.9 Å². The minimum Gasteiger partial charge on any atom is -0.497 e. The Labute approximate surface area is 180 Å². The van der Waals surface area contributed by atoms with Crippen molar-refractivity contribution in [2.24, 2.45) is 0 Å². The highest BCUT2D eigenvalue weighted by atomic mass is 32.2. The summed E-state index contributed by atoms with van der Waals surface area (Å²) in [6.07, 6.45) is 1.94. The Morgan fingerprint density at radius 3 is 2.37 bits per heavy atom. The highest BCUT2D eigenvalue weighted by Crippen LogP contribution is 2.27. The SMILES string of the molecule is COc1ccc(S(=O)(=O)N(C)c2cccc(C(=O)Nc3ccccc3SC)c2)cc1. The average molecular weight is 443 g/mol. The van der Waals surface area contributed by atoms with Gasteiger partial charge in [-0.1, -0.05) is 18.2 Å². The number of nitrogens with zero attached hydrogens (tertiary/aromatic N) is 1. The molecule has 0 fully saturated rings. The Hall–Kier alpha value is -2.97. The predicted octanol–water partition coefficient (Wildman–Crippen LogP) is 4.49. The van der Waals surface area contributed by atoms with E-state index in [1.807, 2.05) is 30.5 Å². The molecule has 3 rings (SSSR count). The molecule has 0 spiro atoms. The van der Waals surface area contributed by atoms with Crippen LogP contribution in [0.5, 0.6) is 5.75 Å². The number of para-hydroxylation sites is 1. The second kappa shape index (κ2) is 9.23. The van der Waals surface area contributed by atoms with E-state index in [2.05, 4.69) is 5.32 Å². The second-order valence-corrected chi connectivity index (χ2v) is 9.17. The predicted molar refractivity (Wildman–Crippen MR) is 121 cm³/mol. The molecule has 0 saturated heterocycles. The van der Waals surface area contributed by atoms with Crippen LogP contribution >= 0.6 is 11.8 Å². The number of methoxy groups -OCH3 is 1. The Bertz CT molecular complexity index is 1150. The first-order chi connectivity index (χ1) is 14.4. The first-order valence-electron chi connectivity index (χ1n) is 9.04.